The van der Waals surface area contributed by atoms with Crippen molar-refractivity contribution in [3.05, 3.63) is 35.0 Å². The van der Waals surface area contributed by atoms with Crippen LogP contribution < -0.4 is 15.4 Å². The molecule has 2 aliphatic rings. The number of aliphatic hydroxyl groups excluding tert-OH is 1. The Morgan fingerprint density at radius 3 is 2.30 bits per heavy atom. The first kappa shape index (κ1) is 42.7. The van der Waals surface area contributed by atoms with E-state index in [1.54, 1.807) is 26.3 Å². The van der Waals surface area contributed by atoms with Crippen LogP contribution in [-0.2, 0) is 35.2 Å². The number of nitrogens with zero attached hydrogens (tertiary/aromatic N) is 3. The molecule has 14 heteroatoms. The molecule has 1 saturated carbocycles. The number of aromatic nitrogens is 1. The maximum Gasteiger partial charge on any atom is 0.309 e. The molecule has 3 amide bonds. The highest BCUT2D eigenvalue weighted by atomic mass is 32.1. The monoisotopic (exact) mass is 767 g/mol. The largest absolute Gasteiger partial charge is 0.485 e. The summed E-state index contributed by atoms with van der Waals surface area (Å²) >= 11 is 1.50. The van der Waals surface area contributed by atoms with Gasteiger partial charge in [0.25, 0.3) is 0 Å². The van der Waals surface area contributed by atoms with E-state index in [2.05, 4.69) is 21.7 Å². The smallest absolute Gasteiger partial charge is 0.309 e. The Bertz CT molecular complexity index is 1760. The molecule has 2 fully saturated rings. The number of carbonyl (C=O) groups excluding carboxylic acids is 4. The van der Waals surface area contributed by atoms with Gasteiger partial charge in [0, 0.05) is 25.1 Å². The van der Waals surface area contributed by atoms with Crippen LogP contribution in [0.3, 0.4) is 0 Å². The molecular formula is C40H57N5O8S. The maximum atomic E-state index is 14.0. The van der Waals surface area contributed by atoms with Gasteiger partial charge < -0.3 is 34.9 Å². The van der Waals surface area contributed by atoms with Gasteiger partial charge in [0.2, 0.25) is 17.7 Å². The molecule has 0 spiro atoms. The predicted molar refractivity (Wildman–Crippen MR) is 204 cm³/mol. The quantitative estimate of drug-likeness (QED) is 0.216. The summed E-state index contributed by atoms with van der Waals surface area (Å²) in [5.41, 5.74) is 0.00783. The lowest BCUT2D eigenvalue weighted by atomic mass is 9.85. The summed E-state index contributed by atoms with van der Waals surface area (Å²) in [5, 5.41) is 25.9. The van der Waals surface area contributed by atoms with Crippen molar-refractivity contribution >= 4 is 35.0 Å². The van der Waals surface area contributed by atoms with Crippen molar-refractivity contribution in [2.45, 2.75) is 143 Å². The Labute approximate surface area is 323 Å². The van der Waals surface area contributed by atoms with E-state index >= 15 is 0 Å². The van der Waals surface area contributed by atoms with Crippen molar-refractivity contribution in [2.75, 3.05) is 13.2 Å². The Morgan fingerprint density at radius 2 is 1.74 bits per heavy atom. The van der Waals surface area contributed by atoms with Crippen molar-refractivity contribution < 1.29 is 38.5 Å². The van der Waals surface area contributed by atoms with Gasteiger partial charge in [-0.2, -0.15) is 5.26 Å². The second kappa shape index (κ2) is 16.0. The molecule has 54 heavy (non-hydrogen) atoms. The summed E-state index contributed by atoms with van der Waals surface area (Å²) in [5.74, 6) is -1.32. The highest BCUT2D eigenvalue weighted by Crippen LogP contribution is 2.45. The zero-order valence-electron chi connectivity index (χ0n) is 33.5. The summed E-state index contributed by atoms with van der Waals surface area (Å²) in [6, 6.07) is 5.76. The van der Waals surface area contributed by atoms with Crippen LogP contribution in [0.2, 0.25) is 0 Å². The molecule has 3 atom stereocenters. The van der Waals surface area contributed by atoms with Crippen LogP contribution in [0, 0.1) is 29.1 Å². The topological polar surface area (TPSA) is 180 Å². The van der Waals surface area contributed by atoms with Gasteiger partial charge in [-0.25, -0.2) is 4.98 Å². The van der Waals surface area contributed by atoms with Gasteiger partial charge in [-0.05, 0) is 85.3 Å². The second-order valence-corrected chi connectivity index (χ2v) is 18.7. The van der Waals surface area contributed by atoms with Crippen LogP contribution in [0.1, 0.15) is 106 Å². The van der Waals surface area contributed by atoms with E-state index in [4.69, 9.17) is 14.2 Å². The minimum atomic E-state index is -1.13. The molecule has 2 aromatic rings. The molecule has 13 nitrogen and oxygen atoms in total. The summed E-state index contributed by atoms with van der Waals surface area (Å²) in [7, 11) is 0. The number of aliphatic hydroxyl groups is 1. The number of nitrogens with one attached hydrogen (secondary N) is 2. The summed E-state index contributed by atoms with van der Waals surface area (Å²) in [6.07, 6.45) is 0.00915. The standard InChI is InChI=1S/C40H57N5O8S/c1-24-31(54-23-43-24)25-12-13-26(29(16-25)52-39(10,11)22-51-38(8,9)18-30(47)53-37(5,6)7)19-42-33(48)28-17-27(46)20-45(28)34(49)32(36(2,3)4)44-35(50)40(21-41)14-15-40/h12-13,16,23,27-28,32,46H,14-15,17-20,22H2,1-11H3,(H,42,48)(H,44,50)/t27-,28+,32-/m1/s1. The lowest BCUT2D eigenvalue weighted by Crippen LogP contribution is -2.58. The zero-order chi connectivity index (χ0) is 40.4. The van der Waals surface area contributed by atoms with Crippen molar-refractivity contribution in [2.24, 2.45) is 10.8 Å². The molecule has 1 aliphatic heterocycles. The van der Waals surface area contributed by atoms with Crippen molar-refractivity contribution in [1.29, 1.82) is 5.26 Å². The average molecular weight is 768 g/mol. The highest BCUT2D eigenvalue weighted by molar-refractivity contribution is 7.13. The normalized spacial score (nSPS) is 19.1. The van der Waals surface area contributed by atoms with E-state index in [-0.39, 0.29) is 38.5 Å². The fraction of sp³-hybridized carbons (Fsp3) is 0.650. The molecule has 1 aliphatic carbocycles. The first-order valence-electron chi connectivity index (χ1n) is 18.4. The number of hydrogen-bond donors (Lipinski definition) is 3. The Balaban J connectivity index is 1.52. The first-order chi connectivity index (χ1) is 24.9. The number of thiazole rings is 1. The Hall–Kier alpha value is -4.06. The third-order valence-corrected chi connectivity index (χ3v) is 10.3. The maximum absolute atomic E-state index is 14.0. The van der Waals surface area contributed by atoms with Crippen LogP contribution in [0.5, 0.6) is 5.75 Å². The number of likely N-dealkylation sites (tertiary alicyclic amines) is 1. The number of amides is 3. The van der Waals surface area contributed by atoms with E-state index < -0.39 is 63.5 Å². The molecular weight excluding hydrogens is 711 g/mol. The third kappa shape index (κ3) is 11.0. The molecule has 2 heterocycles. The number of nitriles is 1. The molecule has 0 radical (unpaired) electrons. The number of aryl methyl sites for hydroxylation is 1. The summed E-state index contributed by atoms with van der Waals surface area (Å²) < 4.78 is 18.3. The first-order valence-corrected chi connectivity index (χ1v) is 19.3. The molecule has 3 N–H and O–H groups in total. The second-order valence-electron chi connectivity index (χ2n) is 17.8. The van der Waals surface area contributed by atoms with Gasteiger partial charge in [-0.15, -0.1) is 11.3 Å². The van der Waals surface area contributed by atoms with Crippen LogP contribution in [0.4, 0.5) is 0 Å². The van der Waals surface area contributed by atoms with Crippen molar-refractivity contribution in [3.63, 3.8) is 0 Å². The van der Waals surface area contributed by atoms with Gasteiger partial charge >= 0.3 is 5.97 Å². The number of esters is 1. The molecule has 1 saturated heterocycles. The molecule has 296 valence electrons. The van der Waals surface area contributed by atoms with Gasteiger partial charge in [0.15, 0.2) is 0 Å². The van der Waals surface area contributed by atoms with E-state index in [1.807, 2.05) is 73.6 Å². The summed E-state index contributed by atoms with van der Waals surface area (Å²) in [6.45, 7) is 20.3. The van der Waals surface area contributed by atoms with E-state index in [0.717, 1.165) is 16.1 Å². The lowest BCUT2D eigenvalue weighted by molar-refractivity contribution is -0.163. The van der Waals surface area contributed by atoms with Crippen LogP contribution in [-0.4, -0.2) is 86.8 Å². The molecule has 1 aromatic heterocycles. The van der Waals surface area contributed by atoms with Gasteiger partial charge in [-0.3, -0.25) is 19.2 Å². The predicted octanol–water partition coefficient (Wildman–Crippen LogP) is 5.22. The Morgan fingerprint density at radius 1 is 1.07 bits per heavy atom. The van der Waals surface area contributed by atoms with Crippen LogP contribution in [0.15, 0.2) is 23.7 Å². The number of β-amino-alcohol motifs (C(OH)–C–C–N with tert-alkyl or cyclic N) is 1. The Kier molecular flexibility index (Phi) is 12.6. The number of ether oxygens (including phenoxy) is 3. The van der Waals surface area contributed by atoms with Gasteiger partial charge in [0.05, 0.1) is 46.9 Å². The third-order valence-electron chi connectivity index (χ3n) is 9.37. The fourth-order valence-electron chi connectivity index (χ4n) is 6.19. The van der Waals surface area contributed by atoms with Gasteiger partial charge in [-0.1, -0.05) is 32.9 Å². The van der Waals surface area contributed by atoms with E-state index in [0.29, 0.717) is 24.2 Å². The van der Waals surface area contributed by atoms with Crippen LogP contribution >= 0.6 is 11.3 Å². The minimum Gasteiger partial charge on any atom is -0.485 e. The van der Waals surface area contributed by atoms with Crippen molar-refractivity contribution in [3.8, 4) is 22.3 Å². The molecule has 0 bridgehead atoms. The highest BCUT2D eigenvalue weighted by Gasteiger charge is 2.53. The number of rotatable bonds is 14. The minimum absolute atomic E-state index is 0.0287. The summed E-state index contributed by atoms with van der Waals surface area (Å²) in [4.78, 5) is 60.1. The zero-order valence-corrected chi connectivity index (χ0v) is 34.4. The fourth-order valence-corrected chi connectivity index (χ4v) is 7.00. The van der Waals surface area contributed by atoms with E-state index in [1.165, 1.54) is 16.2 Å². The number of benzene rings is 1. The number of hydrogen-bond acceptors (Lipinski definition) is 11. The van der Waals surface area contributed by atoms with Crippen molar-refractivity contribution in [1.82, 2.24) is 20.5 Å². The van der Waals surface area contributed by atoms with Crippen LogP contribution in [0.25, 0.3) is 10.4 Å². The molecule has 1 aromatic carbocycles. The van der Waals surface area contributed by atoms with Gasteiger partial charge in [0.1, 0.15) is 34.5 Å². The lowest BCUT2D eigenvalue weighted by Gasteiger charge is -2.35. The van der Waals surface area contributed by atoms with E-state index in [9.17, 15) is 29.5 Å². The average Bonchev–Trinajstić information content (AvgIpc) is 3.58. The molecule has 4 rings (SSSR count). The molecule has 0 unspecified atom stereocenters. The number of carbonyl (C=O) groups is 4. The SMILES string of the molecule is Cc1ncsc1-c1ccc(CNC(=O)[C@@H]2C[C@@H](O)CN2C(=O)[C@@H](NC(=O)C2(C#N)CC2)C(C)(C)C)c(OC(C)(C)COC(C)(C)CC(=O)OC(C)(C)C)c1.